The van der Waals surface area contributed by atoms with E-state index in [-0.39, 0.29) is 17.3 Å². The number of aromatic nitrogens is 2. The predicted octanol–water partition coefficient (Wildman–Crippen LogP) is 2.45. The summed E-state index contributed by atoms with van der Waals surface area (Å²) in [4.78, 5) is 35.9. The molecule has 0 bridgehead atoms. The van der Waals surface area contributed by atoms with Crippen LogP contribution in [0.5, 0.6) is 0 Å². The van der Waals surface area contributed by atoms with Gasteiger partial charge in [0, 0.05) is 12.1 Å². The second-order valence-electron chi connectivity index (χ2n) is 7.84. The SMILES string of the molecule is C[C@@H]1C(=O)C(C#N)=C[C@]2(c3ccc(F)cc3)c3nn(C(=O)CNC(=O)O)cc3CC[C@@H]12. The third kappa shape index (κ3) is 3.20. The lowest BCUT2D eigenvalue weighted by Gasteiger charge is -2.46. The minimum atomic E-state index is -1.32. The number of hydrogen-bond donors (Lipinski definition) is 2. The smallest absolute Gasteiger partial charge is 0.405 e. The van der Waals surface area contributed by atoms with Crippen molar-refractivity contribution >= 4 is 17.8 Å². The van der Waals surface area contributed by atoms with Gasteiger partial charge in [-0.2, -0.15) is 10.4 Å². The second kappa shape index (κ2) is 7.47. The highest BCUT2D eigenvalue weighted by molar-refractivity contribution is 6.02. The Labute approximate surface area is 177 Å². The van der Waals surface area contributed by atoms with Gasteiger partial charge in [0.2, 0.25) is 0 Å². The first-order valence-corrected chi connectivity index (χ1v) is 9.80. The van der Waals surface area contributed by atoms with Crippen LogP contribution in [0.1, 0.15) is 35.0 Å². The van der Waals surface area contributed by atoms with Gasteiger partial charge in [-0.25, -0.2) is 13.9 Å². The van der Waals surface area contributed by atoms with Crippen LogP contribution < -0.4 is 5.32 Å². The first-order chi connectivity index (χ1) is 14.8. The molecule has 1 aromatic heterocycles. The molecule has 2 aliphatic rings. The van der Waals surface area contributed by atoms with Crippen LogP contribution in [0.2, 0.25) is 0 Å². The Morgan fingerprint density at radius 3 is 2.74 bits per heavy atom. The fourth-order valence-electron chi connectivity index (χ4n) is 4.81. The number of carbonyl (C=O) groups is 3. The number of fused-ring (bicyclic) bond motifs is 3. The van der Waals surface area contributed by atoms with E-state index in [9.17, 15) is 24.0 Å². The van der Waals surface area contributed by atoms with Crippen LogP contribution in [-0.2, 0) is 16.6 Å². The number of halogens is 1. The van der Waals surface area contributed by atoms with Crippen molar-refractivity contribution in [3.05, 3.63) is 64.7 Å². The van der Waals surface area contributed by atoms with E-state index in [0.717, 1.165) is 10.2 Å². The molecule has 0 radical (unpaired) electrons. The lowest BCUT2D eigenvalue weighted by molar-refractivity contribution is -0.121. The van der Waals surface area contributed by atoms with Gasteiger partial charge in [0.25, 0.3) is 5.91 Å². The van der Waals surface area contributed by atoms with E-state index in [2.05, 4.69) is 5.10 Å². The van der Waals surface area contributed by atoms with E-state index in [1.54, 1.807) is 31.3 Å². The summed E-state index contributed by atoms with van der Waals surface area (Å²) in [5.41, 5.74) is 0.985. The molecule has 0 unspecified atom stereocenters. The van der Waals surface area contributed by atoms with E-state index < -0.39 is 35.7 Å². The maximum atomic E-state index is 13.7. The summed E-state index contributed by atoms with van der Waals surface area (Å²) in [5.74, 6) is -1.92. The van der Waals surface area contributed by atoms with Crippen LogP contribution in [0.25, 0.3) is 0 Å². The molecule has 0 saturated carbocycles. The Morgan fingerprint density at radius 1 is 1.39 bits per heavy atom. The molecule has 1 aromatic carbocycles. The summed E-state index contributed by atoms with van der Waals surface area (Å²) in [6.07, 6.45) is 3.01. The molecule has 1 heterocycles. The number of Topliss-reactive ketones (excluding diaryl/α,β-unsaturated/α-hetero) is 1. The fraction of sp³-hybridized carbons (Fsp3) is 0.318. The summed E-state index contributed by atoms with van der Waals surface area (Å²) >= 11 is 0. The number of carboxylic acid groups (broad SMARTS) is 1. The van der Waals surface area contributed by atoms with Crippen molar-refractivity contribution in [1.29, 1.82) is 5.26 Å². The maximum absolute atomic E-state index is 13.7. The molecule has 4 rings (SSSR count). The summed E-state index contributed by atoms with van der Waals surface area (Å²) in [6, 6.07) is 7.83. The number of nitrogens with zero attached hydrogens (tertiary/aromatic N) is 3. The standard InChI is InChI=1S/C22H19FN4O4/c1-12-17-7-2-13-11-27(18(28)10-25-21(30)31)26-20(13)22(17,8-14(9-24)19(12)29)15-3-5-16(23)6-4-15/h3-6,8,11-12,17,25H,2,7,10H2,1H3,(H,30,31)/t12-,17-,22+/m0/s1. The third-order valence-electron chi connectivity index (χ3n) is 6.23. The summed E-state index contributed by atoms with van der Waals surface area (Å²) in [5, 5.41) is 24.9. The molecule has 158 valence electrons. The van der Waals surface area contributed by atoms with Gasteiger partial charge in [-0.1, -0.05) is 19.1 Å². The van der Waals surface area contributed by atoms with E-state index in [1.807, 2.05) is 11.4 Å². The predicted molar refractivity (Wildman–Crippen MR) is 106 cm³/mol. The average Bonchev–Trinajstić information content (AvgIpc) is 3.20. The van der Waals surface area contributed by atoms with E-state index in [1.165, 1.54) is 12.1 Å². The number of amides is 1. The molecule has 0 aliphatic heterocycles. The lowest BCUT2D eigenvalue weighted by atomic mass is 9.54. The number of hydrogen-bond acceptors (Lipinski definition) is 5. The zero-order valence-electron chi connectivity index (χ0n) is 16.6. The maximum Gasteiger partial charge on any atom is 0.405 e. The number of benzene rings is 1. The molecule has 1 amide bonds. The average molecular weight is 422 g/mol. The largest absolute Gasteiger partial charge is 0.465 e. The number of rotatable bonds is 3. The third-order valence-corrected chi connectivity index (χ3v) is 6.23. The normalized spacial score (nSPS) is 24.4. The first kappa shape index (κ1) is 20.5. The van der Waals surface area contributed by atoms with E-state index in [4.69, 9.17) is 5.11 Å². The van der Waals surface area contributed by atoms with Gasteiger partial charge in [-0.05, 0) is 48.1 Å². The molecule has 0 saturated heterocycles. The van der Waals surface area contributed by atoms with Crippen molar-refractivity contribution in [2.24, 2.45) is 11.8 Å². The quantitative estimate of drug-likeness (QED) is 0.783. The van der Waals surface area contributed by atoms with E-state index in [0.29, 0.717) is 24.1 Å². The molecule has 2 N–H and O–H groups in total. The molecule has 0 spiro atoms. The van der Waals surface area contributed by atoms with Crippen LogP contribution in [0.15, 0.2) is 42.1 Å². The van der Waals surface area contributed by atoms with Crippen molar-refractivity contribution in [3.8, 4) is 6.07 Å². The van der Waals surface area contributed by atoms with Crippen molar-refractivity contribution in [2.45, 2.75) is 25.2 Å². The van der Waals surface area contributed by atoms with Crippen molar-refractivity contribution in [3.63, 3.8) is 0 Å². The highest BCUT2D eigenvalue weighted by atomic mass is 19.1. The topological polar surface area (TPSA) is 125 Å². The Bertz CT molecular complexity index is 1160. The molecular weight excluding hydrogens is 403 g/mol. The minimum absolute atomic E-state index is 0.00865. The highest BCUT2D eigenvalue weighted by Gasteiger charge is 2.53. The molecule has 9 heteroatoms. The molecule has 3 atom stereocenters. The molecule has 8 nitrogen and oxygen atoms in total. The monoisotopic (exact) mass is 422 g/mol. The van der Waals surface area contributed by atoms with Crippen LogP contribution in [0, 0.1) is 29.0 Å². The van der Waals surface area contributed by atoms with Crippen LogP contribution in [0.4, 0.5) is 9.18 Å². The van der Waals surface area contributed by atoms with Gasteiger partial charge in [0.05, 0.1) is 16.7 Å². The molecular formula is C22H19FN4O4. The number of nitrogens with one attached hydrogen (secondary N) is 1. The first-order valence-electron chi connectivity index (χ1n) is 9.80. The van der Waals surface area contributed by atoms with Crippen molar-refractivity contribution in [1.82, 2.24) is 15.1 Å². The summed E-state index contributed by atoms with van der Waals surface area (Å²) in [6.45, 7) is 1.33. The van der Waals surface area contributed by atoms with Gasteiger partial charge in [-0.15, -0.1) is 0 Å². The lowest BCUT2D eigenvalue weighted by Crippen LogP contribution is -2.48. The number of aryl methyl sites for hydroxylation is 1. The second-order valence-corrected chi connectivity index (χ2v) is 7.84. The van der Waals surface area contributed by atoms with Gasteiger partial charge in [0.1, 0.15) is 18.4 Å². The molecule has 2 aliphatic carbocycles. The van der Waals surface area contributed by atoms with Gasteiger partial charge >= 0.3 is 6.09 Å². The summed E-state index contributed by atoms with van der Waals surface area (Å²) < 4.78 is 14.8. The van der Waals surface area contributed by atoms with Crippen molar-refractivity contribution < 1.29 is 23.9 Å². The van der Waals surface area contributed by atoms with Crippen LogP contribution in [-0.4, -0.2) is 39.2 Å². The fourth-order valence-corrected chi connectivity index (χ4v) is 4.81. The Morgan fingerprint density at radius 2 is 2.10 bits per heavy atom. The molecule has 0 fully saturated rings. The van der Waals surface area contributed by atoms with Crippen molar-refractivity contribution in [2.75, 3.05) is 6.54 Å². The Balaban J connectivity index is 1.92. The molecule has 2 aromatic rings. The Kier molecular flexibility index (Phi) is 4.93. The van der Waals surface area contributed by atoms with Gasteiger partial charge in [-0.3, -0.25) is 9.59 Å². The van der Waals surface area contributed by atoms with Crippen LogP contribution in [0.3, 0.4) is 0 Å². The Hall–Kier alpha value is -3.80. The zero-order valence-corrected chi connectivity index (χ0v) is 16.6. The minimum Gasteiger partial charge on any atom is -0.465 e. The molecule has 31 heavy (non-hydrogen) atoms. The number of ketones is 1. The van der Waals surface area contributed by atoms with Gasteiger partial charge < -0.3 is 10.4 Å². The number of allylic oxidation sites excluding steroid dienone is 2. The van der Waals surface area contributed by atoms with E-state index >= 15 is 0 Å². The van der Waals surface area contributed by atoms with Crippen LogP contribution >= 0.6 is 0 Å². The highest BCUT2D eigenvalue weighted by Crippen LogP contribution is 2.53. The number of nitriles is 1. The number of carbonyl (C=O) groups excluding carboxylic acids is 2. The zero-order chi connectivity index (χ0) is 22.3. The van der Waals surface area contributed by atoms with Gasteiger partial charge in [0.15, 0.2) is 5.78 Å². The summed E-state index contributed by atoms with van der Waals surface area (Å²) in [7, 11) is 0.